The average molecular weight is 595 g/mol. The molecule has 228 valence electrons. The second-order valence-electron chi connectivity index (χ2n) is 11.7. The van der Waals surface area contributed by atoms with Crippen molar-refractivity contribution in [2.24, 2.45) is 5.92 Å². The topological polar surface area (TPSA) is 112 Å². The van der Waals surface area contributed by atoms with Crippen molar-refractivity contribution in [3.63, 3.8) is 0 Å². The van der Waals surface area contributed by atoms with E-state index in [9.17, 15) is 23.8 Å². The number of anilines is 1. The van der Waals surface area contributed by atoms with Gasteiger partial charge in [0.15, 0.2) is 5.82 Å². The maximum absolute atomic E-state index is 14.8. The molecule has 3 aliphatic rings. The van der Waals surface area contributed by atoms with Crippen LogP contribution in [0, 0.1) is 18.7 Å². The minimum Gasteiger partial charge on any atom is -0.508 e. The van der Waals surface area contributed by atoms with Crippen molar-refractivity contribution in [1.29, 1.82) is 0 Å². The summed E-state index contributed by atoms with van der Waals surface area (Å²) in [5.41, 5.74) is 0.431. The van der Waals surface area contributed by atoms with Crippen LogP contribution in [0.25, 0.3) is 33.0 Å². The predicted octanol–water partition coefficient (Wildman–Crippen LogP) is 4.97. The van der Waals surface area contributed by atoms with Crippen molar-refractivity contribution in [1.82, 2.24) is 14.9 Å². The van der Waals surface area contributed by atoms with Gasteiger partial charge >= 0.3 is 11.6 Å². The van der Waals surface area contributed by atoms with Crippen molar-refractivity contribution in [3.05, 3.63) is 52.1 Å². The highest BCUT2D eigenvalue weighted by atomic mass is 19.1. The van der Waals surface area contributed by atoms with Crippen molar-refractivity contribution < 1.29 is 28.1 Å². The first-order valence-corrected chi connectivity index (χ1v) is 14.8. The van der Waals surface area contributed by atoms with Crippen LogP contribution in [-0.4, -0.2) is 77.2 Å². The lowest BCUT2D eigenvalue weighted by molar-refractivity contribution is 0.203. The Morgan fingerprint density at radius 3 is 2.63 bits per heavy atom. The van der Waals surface area contributed by atoms with E-state index in [1.807, 2.05) is 4.90 Å². The Morgan fingerprint density at radius 1 is 1.12 bits per heavy atom. The highest BCUT2D eigenvalue weighted by molar-refractivity contribution is 6.00. The Hall–Kier alpha value is -3.83. The summed E-state index contributed by atoms with van der Waals surface area (Å²) < 4.78 is 38.5. The summed E-state index contributed by atoms with van der Waals surface area (Å²) in [4.78, 5) is 26.4. The van der Waals surface area contributed by atoms with Crippen LogP contribution in [0.2, 0.25) is 0 Å². The lowest BCUT2D eigenvalue weighted by atomic mass is 9.97. The number of aromatic nitrogens is 2. The lowest BCUT2D eigenvalue weighted by Gasteiger charge is -2.32. The Kier molecular flexibility index (Phi) is 8.19. The number of nitrogens with zero attached hydrogens (tertiary/aromatic N) is 4. The standard InChI is InChI=1S/C25H24FN3O5.C7H12FN/c1-13-21-20(23(28-25(27-21)33-2)29-8-6-14(12-30)7-9-29)24(32)34-22(13)17-11-16(31)10-15-4-3-5-18(26)19(15)17;8-6-4-7-2-1-3-9(7)5-6/h3-5,10-11,14,30-31H,6-9,12H2,1-2H3;6-7H,1-5H2. The molecule has 5 heterocycles. The van der Waals surface area contributed by atoms with Crippen LogP contribution in [0.15, 0.2) is 39.5 Å². The summed E-state index contributed by atoms with van der Waals surface area (Å²) in [5, 5.41) is 20.7. The third-order valence-corrected chi connectivity index (χ3v) is 8.93. The number of aliphatic hydroxyl groups is 1. The summed E-state index contributed by atoms with van der Waals surface area (Å²) in [7, 11) is 1.45. The molecule has 3 fully saturated rings. The van der Waals surface area contributed by atoms with Crippen molar-refractivity contribution in [2.45, 2.75) is 51.2 Å². The van der Waals surface area contributed by atoms with Gasteiger partial charge in [-0.3, -0.25) is 4.90 Å². The highest BCUT2D eigenvalue weighted by Gasteiger charge is 2.34. The second kappa shape index (κ2) is 12.0. The molecule has 4 aromatic rings. The molecule has 0 aliphatic carbocycles. The van der Waals surface area contributed by atoms with Gasteiger partial charge in [-0.2, -0.15) is 9.97 Å². The van der Waals surface area contributed by atoms with E-state index in [1.54, 1.807) is 19.1 Å². The minimum atomic E-state index is -0.662. The molecule has 7 rings (SSSR count). The van der Waals surface area contributed by atoms with Crippen LogP contribution in [0.3, 0.4) is 0 Å². The molecule has 3 aliphatic heterocycles. The van der Waals surface area contributed by atoms with Crippen LogP contribution in [0.4, 0.5) is 14.6 Å². The zero-order valence-electron chi connectivity index (χ0n) is 24.4. The second-order valence-corrected chi connectivity index (χ2v) is 11.7. The Labute approximate surface area is 247 Å². The first kappa shape index (κ1) is 29.3. The van der Waals surface area contributed by atoms with E-state index in [2.05, 4.69) is 14.9 Å². The van der Waals surface area contributed by atoms with Gasteiger partial charge in [0.25, 0.3) is 0 Å². The largest absolute Gasteiger partial charge is 0.508 e. The van der Waals surface area contributed by atoms with E-state index in [-0.39, 0.29) is 46.4 Å². The zero-order valence-corrected chi connectivity index (χ0v) is 24.4. The quantitative estimate of drug-likeness (QED) is 0.338. The molecule has 0 saturated carbocycles. The molecule has 2 N–H and O–H groups in total. The summed E-state index contributed by atoms with van der Waals surface area (Å²) in [6, 6.07) is 8.08. The van der Waals surface area contributed by atoms with E-state index in [0.717, 1.165) is 25.8 Å². The average Bonchev–Trinajstić information content (AvgIpc) is 3.59. The van der Waals surface area contributed by atoms with Gasteiger partial charge in [0.1, 0.15) is 28.9 Å². The van der Waals surface area contributed by atoms with E-state index in [1.165, 1.54) is 38.2 Å². The van der Waals surface area contributed by atoms with Gasteiger partial charge in [-0.1, -0.05) is 12.1 Å². The molecule has 2 atom stereocenters. The number of fused-ring (bicyclic) bond motifs is 3. The fourth-order valence-corrected chi connectivity index (χ4v) is 6.69. The number of alkyl halides is 1. The van der Waals surface area contributed by atoms with E-state index in [4.69, 9.17) is 9.15 Å². The number of rotatable bonds is 4. The lowest BCUT2D eigenvalue weighted by Crippen LogP contribution is -2.36. The van der Waals surface area contributed by atoms with Crippen molar-refractivity contribution >= 4 is 27.5 Å². The fourth-order valence-electron chi connectivity index (χ4n) is 6.69. The number of aliphatic hydroxyl groups excluding tert-OH is 1. The zero-order chi connectivity index (χ0) is 30.2. The number of methoxy groups -OCH3 is 1. The van der Waals surface area contributed by atoms with E-state index >= 15 is 0 Å². The van der Waals surface area contributed by atoms with Crippen LogP contribution < -0.4 is 15.3 Å². The number of phenols is 1. The van der Waals surface area contributed by atoms with Gasteiger partial charge in [-0.15, -0.1) is 0 Å². The molecule has 3 saturated heterocycles. The van der Waals surface area contributed by atoms with Crippen molar-refractivity contribution in [3.8, 4) is 23.1 Å². The van der Waals surface area contributed by atoms with Gasteiger partial charge in [0, 0.05) is 48.8 Å². The SMILES string of the molecule is COc1nc(N2CCC(CO)CC2)c2c(=O)oc(-c3cc(O)cc4cccc(F)c34)c(C)c2n1.FC1CC2CCCN2C1. The summed E-state index contributed by atoms with van der Waals surface area (Å²) in [6.07, 6.45) is 4.34. The smallest absolute Gasteiger partial charge is 0.349 e. The number of aryl methyl sites for hydroxylation is 1. The van der Waals surface area contributed by atoms with Gasteiger partial charge < -0.3 is 24.3 Å². The van der Waals surface area contributed by atoms with Gasteiger partial charge in [0.2, 0.25) is 0 Å². The first-order chi connectivity index (χ1) is 20.8. The van der Waals surface area contributed by atoms with Crippen LogP contribution >= 0.6 is 0 Å². The van der Waals surface area contributed by atoms with Gasteiger partial charge in [-0.25, -0.2) is 13.6 Å². The molecule has 2 aromatic carbocycles. The third-order valence-electron chi connectivity index (χ3n) is 8.93. The number of hydrogen-bond acceptors (Lipinski definition) is 9. The number of aromatic hydroxyl groups is 1. The number of ether oxygens (including phenoxy) is 1. The van der Waals surface area contributed by atoms with Gasteiger partial charge in [0.05, 0.1) is 12.6 Å². The predicted molar refractivity (Wildman–Crippen MR) is 160 cm³/mol. The van der Waals surface area contributed by atoms with Crippen LogP contribution in [0.1, 0.15) is 37.7 Å². The molecule has 0 radical (unpaired) electrons. The maximum atomic E-state index is 14.8. The Bertz CT molecular complexity index is 1690. The molecule has 11 heteroatoms. The monoisotopic (exact) mass is 594 g/mol. The molecule has 43 heavy (non-hydrogen) atoms. The number of halogens is 2. The number of benzene rings is 2. The summed E-state index contributed by atoms with van der Waals surface area (Å²) in [5.74, 6) is 0.165. The van der Waals surface area contributed by atoms with E-state index in [0.29, 0.717) is 48.0 Å². The molecule has 0 amide bonds. The first-order valence-electron chi connectivity index (χ1n) is 14.8. The molecule has 0 spiro atoms. The molecule has 2 unspecified atom stereocenters. The molecule has 9 nitrogen and oxygen atoms in total. The number of phenolic OH excluding ortho intramolecular Hbond substituents is 1. The highest BCUT2D eigenvalue weighted by Crippen LogP contribution is 2.38. The van der Waals surface area contributed by atoms with Crippen LogP contribution in [0.5, 0.6) is 11.8 Å². The summed E-state index contributed by atoms with van der Waals surface area (Å²) in [6.45, 7) is 4.94. The summed E-state index contributed by atoms with van der Waals surface area (Å²) >= 11 is 0. The number of piperidine rings is 1. The Balaban J connectivity index is 0.000000310. The normalized spacial score (nSPS) is 20.8. The van der Waals surface area contributed by atoms with Crippen molar-refractivity contribution in [2.75, 3.05) is 44.8 Å². The number of hydrogen-bond donors (Lipinski definition) is 2. The molecule has 0 bridgehead atoms. The molecular formula is C32H36F2N4O5. The molecular weight excluding hydrogens is 558 g/mol. The van der Waals surface area contributed by atoms with E-state index < -0.39 is 17.6 Å². The Morgan fingerprint density at radius 2 is 1.91 bits per heavy atom. The maximum Gasteiger partial charge on any atom is 0.349 e. The van der Waals surface area contributed by atoms with Crippen LogP contribution in [-0.2, 0) is 0 Å². The fraction of sp³-hybridized carbons (Fsp3) is 0.469. The van der Waals surface area contributed by atoms with Gasteiger partial charge in [-0.05, 0) is 75.1 Å². The molecule has 2 aromatic heterocycles. The minimum absolute atomic E-state index is 0.0806. The third kappa shape index (κ3) is 5.63.